The first kappa shape index (κ1) is 15.9. The summed E-state index contributed by atoms with van der Waals surface area (Å²) in [5.41, 5.74) is 3.52. The number of rotatable bonds is 3. The number of nitrogens with one attached hydrogen (secondary N) is 1. The van der Waals surface area contributed by atoms with Crippen LogP contribution in [0.5, 0.6) is 0 Å². The topological polar surface area (TPSA) is 49.4 Å². The Morgan fingerprint density at radius 1 is 1.00 bits per heavy atom. The number of hydrogen-bond acceptors (Lipinski definition) is 2. The summed E-state index contributed by atoms with van der Waals surface area (Å²) >= 11 is 0. The van der Waals surface area contributed by atoms with E-state index >= 15 is 0 Å². The van der Waals surface area contributed by atoms with Crippen molar-refractivity contribution in [3.05, 3.63) is 65.2 Å². The standard InChI is InChI=1S/C21H22N2O2/c1-15-6-8-18(9-7-15)22-19(24)21(11-12-21)20(25)23-13-10-16-4-2-3-5-17(16)14-23/h2-9H,10-14H2,1H3,(H,22,24). The van der Waals surface area contributed by atoms with Crippen LogP contribution in [-0.2, 0) is 22.6 Å². The van der Waals surface area contributed by atoms with Crippen molar-refractivity contribution in [2.75, 3.05) is 11.9 Å². The second-order valence-corrected chi connectivity index (χ2v) is 7.15. The summed E-state index contributed by atoms with van der Waals surface area (Å²) in [6.07, 6.45) is 2.14. The van der Waals surface area contributed by atoms with Crippen LogP contribution in [0.15, 0.2) is 48.5 Å². The quantitative estimate of drug-likeness (QED) is 0.876. The fraction of sp³-hybridized carbons (Fsp3) is 0.333. The zero-order valence-corrected chi connectivity index (χ0v) is 14.4. The Bertz CT molecular complexity index is 822. The molecule has 1 fully saturated rings. The average Bonchev–Trinajstić information content (AvgIpc) is 3.44. The molecule has 2 aliphatic rings. The Labute approximate surface area is 147 Å². The van der Waals surface area contributed by atoms with Gasteiger partial charge in [0.25, 0.3) is 0 Å². The van der Waals surface area contributed by atoms with Crippen molar-refractivity contribution in [3.63, 3.8) is 0 Å². The predicted octanol–water partition coefficient (Wildman–Crippen LogP) is 3.30. The van der Waals surface area contributed by atoms with E-state index < -0.39 is 5.41 Å². The van der Waals surface area contributed by atoms with E-state index in [9.17, 15) is 9.59 Å². The number of hydrogen-bond donors (Lipinski definition) is 1. The molecule has 0 atom stereocenters. The van der Waals surface area contributed by atoms with E-state index in [4.69, 9.17) is 0 Å². The first-order valence-corrected chi connectivity index (χ1v) is 8.83. The number of amides is 2. The number of aryl methyl sites for hydroxylation is 1. The molecule has 2 amide bonds. The molecule has 0 radical (unpaired) electrons. The van der Waals surface area contributed by atoms with E-state index in [1.807, 2.05) is 48.2 Å². The summed E-state index contributed by atoms with van der Waals surface area (Å²) in [7, 11) is 0. The molecule has 4 rings (SSSR count). The minimum Gasteiger partial charge on any atom is -0.337 e. The molecule has 1 heterocycles. The molecule has 0 saturated heterocycles. The molecule has 128 valence electrons. The lowest BCUT2D eigenvalue weighted by Gasteiger charge is -2.31. The van der Waals surface area contributed by atoms with Gasteiger partial charge in [0.15, 0.2) is 0 Å². The monoisotopic (exact) mass is 334 g/mol. The number of benzene rings is 2. The molecule has 4 nitrogen and oxygen atoms in total. The minimum absolute atomic E-state index is 0.0217. The Morgan fingerprint density at radius 3 is 2.36 bits per heavy atom. The zero-order chi connectivity index (χ0) is 17.4. The van der Waals surface area contributed by atoms with E-state index in [0.29, 0.717) is 25.9 Å². The van der Waals surface area contributed by atoms with E-state index in [2.05, 4.69) is 17.4 Å². The van der Waals surface area contributed by atoms with Crippen LogP contribution in [0, 0.1) is 12.3 Å². The molecule has 0 aromatic heterocycles. The molecule has 2 aromatic carbocycles. The fourth-order valence-electron chi connectivity index (χ4n) is 3.52. The summed E-state index contributed by atoms with van der Waals surface area (Å²) in [4.78, 5) is 27.6. The second kappa shape index (κ2) is 6.03. The van der Waals surface area contributed by atoms with E-state index in [1.165, 1.54) is 11.1 Å². The normalized spacial score (nSPS) is 17.6. The van der Waals surface area contributed by atoms with Gasteiger partial charge in [0, 0.05) is 18.8 Å². The highest BCUT2D eigenvalue weighted by Crippen LogP contribution is 2.48. The number of carbonyl (C=O) groups excluding carboxylic acids is 2. The van der Waals surface area contributed by atoms with E-state index in [1.54, 1.807) is 0 Å². The van der Waals surface area contributed by atoms with Crippen molar-refractivity contribution >= 4 is 17.5 Å². The molecular weight excluding hydrogens is 312 g/mol. The zero-order valence-electron chi connectivity index (χ0n) is 14.4. The Balaban J connectivity index is 1.48. The highest BCUT2D eigenvalue weighted by Gasteiger charge is 2.58. The molecule has 1 saturated carbocycles. The maximum Gasteiger partial charge on any atom is 0.240 e. The van der Waals surface area contributed by atoms with Crippen molar-refractivity contribution < 1.29 is 9.59 Å². The van der Waals surface area contributed by atoms with Gasteiger partial charge in [-0.05, 0) is 49.4 Å². The third-order valence-electron chi connectivity index (χ3n) is 5.32. The molecule has 25 heavy (non-hydrogen) atoms. The van der Waals surface area contributed by atoms with Gasteiger partial charge in [0.2, 0.25) is 11.8 Å². The number of anilines is 1. The average molecular weight is 334 g/mol. The third kappa shape index (κ3) is 2.93. The SMILES string of the molecule is Cc1ccc(NC(=O)C2(C(=O)N3CCc4ccccc4C3)CC2)cc1. The Morgan fingerprint density at radius 2 is 1.68 bits per heavy atom. The van der Waals surface area contributed by atoms with Gasteiger partial charge in [0.05, 0.1) is 0 Å². The van der Waals surface area contributed by atoms with Gasteiger partial charge in [-0.15, -0.1) is 0 Å². The van der Waals surface area contributed by atoms with Gasteiger partial charge >= 0.3 is 0 Å². The largest absolute Gasteiger partial charge is 0.337 e. The van der Waals surface area contributed by atoms with Crippen molar-refractivity contribution in [1.29, 1.82) is 0 Å². The molecule has 1 aliphatic heterocycles. The van der Waals surface area contributed by atoms with Gasteiger partial charge in [0.1, 0.15) is 5.41 Å². The van der Waals surface area contributed by atoms with Gasteiger partial charge < -0.3 is 10.2 Å². The van der Waals surface area contributed by atoms with Crippen molar-refractivity contribution in [3.8, 4) is 0 Å². The number of nitrogens with zero attached hydrogens (tertiary/aromatic N) is 1. The molecule has 2 aromatic rings. The molecule has 0 bridgehead atoms. The summed E-state index contributed by atoms with van der Waals surface area (Å²) in [6, 6.07) is 15.9. The lowest BCUT2D eigenvalue weighted by atomic mass is 9.97. The molecule has 4 heteroatoms. The molecule has 0 unspecified atom stereocenters. The van der Waals surface area contributed by atoms with Gasteiger partial charge in [-0.2, -0.15) is 0 Å². The van der Waals surface area contributed by atoms with Gasteiger partial charge in [-0.25, -0.2) is 0 Å². The fourth-order valence-corrected chi connectivity index (χ4v) is 3.52. The van der Waals surface area contributed by atoms with Crippen LogP contribution in [0.3, 0.4) is 0 Å². The van der Waals surface area contributed by atoms with E-state index in [0.717, 1.165) is 17.7 Å². The molecule has 1 aliphatic carbocycles. The molecule has 1 N–H and O–H groups in total. The van der Waals surface area contributed by atoms with Crippen molar-refractivity contribution in [1.82, 2.24) is 4.90 Å². The summed E-state index contributed by atoms with van der Waals surface area (Å²) in [6.45, 7) is 3.30. The molecule has 0 spiro atoms. The highest BCUT2D eigenvalue weighted by atomic mass is 16.2. The van der Waals surface area contributed by atoms with Gasteiger partial charge in [-0.1, -0.05) is 42.0 Å². The first-order valence-electron chi connectivity index (χ1n) is 8.83. The number of fused-ring (bicyclic) bond motifs is 1. The minimum atomic E-state index is -0.864. The maximum atomic E-state index is 13.0. The molecular formula is C21H22N2O2. The van der Waals surface area contributed by atoms with Crippen LogP contribution in [0.25, 0.3) is 0 Å². The van der Waals surface area contributed by atoms with Crippen LogP contribution in [0.4, 0.5) is 5.69 Å². The lowest BCUT2D eigenvalue weighted by molar-refractivity contribution is -0.143. The first-order chi connectivity index (χ1) is 12.1. The second-order valence-electron chi connectivity index (χ2n) is 7.15. The van der Waals surface area contributed by atoms with Crippen LogP contribution in [0.1, 0.15) is 29.5 Å². The third-order valence-corrected chi connectivity index (χ3v) is 5.32. The number of carbonyl (C=O) groups is 2. The smallest absolute Gasteiger partial charge is 0.240 e. The Hall–Kier alpha value is -2.62. The van der Waals surface area contributed by atoms with E-state index in [-0.39, 0.29) is 11.8 Å². The van der Waals surface area contributed by atoms with Crippen LogP contribution < -0.4 is 5.32 Å². The Kier molecular flexibility index (Phi) is 3.83. The predicted molar refractivity (Wildman–Crippen MR) is 97.0 cm³/mol. The van der Waals surface area contributed by atoms with Gasteiger partial charge in [-0.3, -0.25) is 9.59 Å². The van der Waals surface area contributed by atoms with Crippen LogP contribution in [0.2, 0.25) is 0 Å². The van der Waals surface area contributed by atoms with Crippen molar-refractivity contribution in [2.45, 2.75) is 32.7 Å². The van der Waals surface area contributed by atoms with Crippen LogP contribution in [-0.4, -0.2) is 23.3 Å². The van der Waals surface area contributed by atoms with Crippen LogP contribution >= 0.6 is 0 Å². The van der Waals surface area contributed by atoms with Crippen molar-refractivity contribution in [2.24, 2.45) is 5.41 Å². The summed E-state index contributed by atoms with van der Waals surface area (Å²) in [5.74, 6) is -0.188. The summed E-state index contributed by atoms with van der Waals surface area (Å²) < 4.78 is 0. The summed E-state index contributed by atoms with van der Waals surface area (Å²) in [5, 5.41) is 2.92. The highest BCUT2D eigenvalue weighted by molar-refractivity contribution is 6.13. The lowest BCUT2D eigenvalue weighted by Crippen LogP contribution is -2.45. The maximum absolute atomic E-state index is 13.0.